The van der Waals surface area contributed by atoms with Gasteiger partial charge in [-0.05, 0) is 46.5 Å². The molecule has 0 saturated carbocycles. The first-order valence-electron chi connectivity index (χ1n) is 11.1. The monoisotopic (exact) mass is 409 g/mol. The minimum absolute atomic E-state index is 0.0626. The molecule has 3 heteroatoms. The van der Waals surface area contributed by atoms with Crippen LogP contribution >= 0.6 is 0 Å². The van der Waals surface area contributed by atoms with Crippen LogP contribution in [0.3, 0.4) is 0 Å². The lowest BCUT2D eigenvalue weighted by atomic mass is 9.82. The Balaban J connectivity index is 1.75. The summed E-state index contributed by atoms with van der Waals surface area (Å²) in [6.45, 7) is 4.69. The van der Waals surface area contributed by atoms with Crippen molar-refractivity contribution in [2.75, 3.05) is 0 Å². The Labute approximate surface area is 184 Å². The molecular weight excluding hydrogens is 390 g/mol. The van der Waals surface area contributed by atoms with Gasteiger partial charge in [-0.2, -0.15) is 0 Å². The summed E-state index contributed by atoms with van der Waals surface area (Å²) in [7, 11) is 0. The van der Waals surface area contributed by atoms with E-state index >= 15 is 0 Å². The lowest BCUT2D eigenvalue weighted by Crippen LogP contribution is -2.14. The third-order valence-electron chi connectivity index (χ3n) is 7.50. The molecule has 0 spiro atoms. The maximum atomic E-state index is 5.19. The zero-order valence-electron chi connectivity index (χ0n) is 17.8. The molecule has 7 aromatic rings. The number of benzene rings is 4. The molecule has 3 nitrogen and oxygen atoms in total. The van der Waals surface area contributed by atoms with Crippen molar-refractivity contribution in [3.63, 3.8) is 0 Å². The molecule has 0 aliphatic heterocycles. The molecule has 0 atom stereocenters. The third kappa shape index (κ3) is 1.73. The van der Waals surface area contributed by atoms with E-state index in [1.165, 1.54) is 49.4 Å². The second-order valence-corrected chi connectivity index (χ2v) is 9.48. The first-order chi connectivity index (χ1) is 15.6. The van der Waals surface area contributed by atoms with E-state index in [0.29, 0.717) is 0 Å². The summed E-state index contributed by atoms with van der Waals surface area (Å²) in [4.78, 5) is 10.3. The van der Waals surface area contributed by atoms with Crippen molar-refractivity contribution in [3.8, 4) is 11.1 Å². The molecule has 3 heterocycles. The Morgan fingerprint density at radius 1 is 0.719 bits per heavy atom. The fraction of sp³-hybridized carbons (Fsp3) is 0.103. The lowest BCUT2D eigenvalue weighted by molar-refractivity contribution is 0.661. The molecule has 1 aliphatic rings. The molecule has 0 saturated heterocycles. The van der Waals surface area contributed by atoms with Gasteiger partial charge >= 0.3 is 0 Å². The standard InChI is InChI=1S/C29H19N3/c1-29(2)19-11-5-3-10-17(19)24-20(29)15-18-16-9-4-8-14-23(16)32-27(18)25(24)26-28(32)31-22-13-7-6-12-21(22)30-26/h3-15H,1-2H3. The summed E-state index contributed by atoms with van der Waals surface area (Å²) in [6.07, 6.45) is 0. The SMILES string of the molecule is CC1(C)c2ccccc2-c2c1cc1c3ccccc3n3c4nc5ccccc5nc4c2c13. The van der Waals surface area contributed by atoms with E-state index < -0.39 is 0 Å². The second-order valence-electron chi connectivity index (χ2n) is 9.48. The molecule has 1 aliphatic carbocycles. The number of hydrogen-bond donors (Lipinski definition) is 0. The van der Waals surface area contributed by atoms with Crippen LogP contribution in [0.15, 0.2) is 78.9 Å². The van der Waals surface area contributed by atoms with Crippen LogP contribution in [-0.2, 0) is 5.41 Å². The summed E-state index contributed by atoms with van der Waals surface area (Å²) in [5.74, 6) is 0. The van der Waals surface area contributed by atoms with Gasteiger partial charge in [0.05, 0.1) is 22.1 Å². The molecule has 0 unspecified atom stereocenters. The van der Waals surface area contributed by atoms with E-state index in [2.05, 4.69) is 85.0 Å². The number of aromatic nitrogens is 3. The molecule has 32 heavy (non-hydrogen) atoms. The van der Waals surface area contributed by atoms with E-state index in [4.69, 9.17) is 9.97 Å². The molecule has 0 fully saturated rings. The van der Waals surface area contributed by atoms with Crippen LogP contribution in [0.25, 0.3) is 60.5 Å². The van der Waals surface area contributed by atoms with Gasteiger partial charge in [0.2, 0.25) is 0 Å². The maximum absolute atomic E-state index is 5.19. The highest BCUT2D eigenvalue weighted by atomic mass is 15.0. The van der Waals surface area contributed by atoms with Crippen LogP contribution in [0.2, 0.25) is 0 Å². The Bertz CT molecular complexity index is 1910. The number of nitrogens with zero attached hydrogens (tertiary/aromatic N) is 3. The van der Waals surface area contributed by atoms with Gasteiger partial charge in [-0.1, -0.05) is 68.4 Å². The minimum Gasteiger partial charge on any atom is -0.291 e. The number of para-hydroxylation sites is 3. The van der Waals surface area contributed by atoms with Crippen molar-refractivity contribution >= 4 is 49.4 Å². The van der Waals surface area contributed by atoms with Crippen LogP contribution in [-0.4, -0.2) is 14.4 Å². The van der Waals surface area contributed by atoms with Gasteiger partial charge in [-0.15, -0.1) is 0 Å². The predicted molar refractivity (Wildman–Crippen MR) is 132 cm³/mol. The van der Waals surface area contributed by atoms with Gasteiger partial charge < -0.3 is 0 Å². The summed E-state index contributed by atoms with van der Waals surface area (Å²) < 4.78 is 2.34. The van der Waals surface area contributed by atoms with E-state index in [1.54, 1.807) is 0 Å². The van der Waals surface area contributed by atoms with Crippen molar-refractivity contribution in [2.24, 2.45) is 0 Å². The van der Waals surface area contributed by atoms with Crippen molar-refractivity contribution in [2.45, 2.75) is 19.3 Å². The average Bonchev–Trinajstić information content (AvgIpc) is 3.40. The summed E-state index contributed by atoms with van der Waals surface area (Å²) in [6, 6.07) is 28.2. The van der Waals surface area contributed by atoms with Gasteiger partial charge in [0.25, 0.3) is 0 Å². The molecule has 4 aromatic carbocycles. The molecule has 3 aromatic heterocycles. The van der Waals surface area contributed by atoms with Gasteiger partial charge in [0, 0.05) is 21.6 Å². The Kier molecular flexibility index (Phi) is 2.74. The van der Waals surface area contributed by atoms with E-state index in [9.17, 15) is 0 Å². The molecule has 150 valence electrons. The largest absolute Gasteiger partial charge is 0.291 e. The zero-order chi connectivity index (χ0) is 21.2. The Morgan fingerprint density at radius 2 is 1.44 bits per heavy atom. The van der Waals surface area contributed by atoms with Crippen LogP contribution in [0.4, 0.5) is 0 Å². The predicted octanol–water partition coefficient (Wildman–Crippen LogP) is 7.09. The molecule has 8 rings (SSSR count). The van der Waals surface area contributed by atoms with Crippen molar-refractivity contribution < 1.29 is 0 Å². The number of fused-ring (bicyclic) bond motifs is 11. The summed E-state index contributed by atoms with van der Waals surface area (Å²) in [5, 5.41) is 3.80. The smallest absolute Gasteiger partial charge is 0.165 e. The van der Waals surface area contributed by atoms with Crippen LogP contribution in [0, 0.1) is 0 Å². The van der Waals surface area contributed by atoms with Gasteiger partial charge in [-0.3, -0.25) is 4.40 Å². The minimum atomic E-state index is -0.0626. The quantitative estimate of drug-likeness (QED) is 0.268. The van der Waals surface area contributed by atoms with E-state index in [-0.39, 0.29) is 5.41 Å². The second kappa shape index (κ2) is 5.25. The average molecular weight is 409 g/mol. The molecular formula is C29H19N3. The number of hydrogen-bond acceptors (Lipinski definition) is 2. The van der Waals surface area contributed by atoms with Crippen molar-refractivity contribution in [3.05, 3.63) is 90.0 Å². The zero-order valence-corrected chi connectivity index (χ0v) is 17.8. The Morgan fingerprint density at radius 3 is 2.31 bits per heavy atom. The van der Waals surface area contributed by atoms with Crippen molar-refractivity contribution in [1.82, 2.24) is 14.4 Å². The third-order valence-corrected chi connectivity index (χ3v) is 7.50. The highest BCUT2D eigenvalue weighted by Crippen LogP contribution is 2.54. The van der Waals surface area contributed by atoms with Crippen LogP contribution in [0.5, 0.6) is 0 Å². The highest BCUT2D eigenvalue weighted by Gasteiger charge is 2.38. The molecule has 0 radical (unpaired) electrons. The van der Waals surface area contributed by atoms with Crippen molar-refractivity contribution in [1.29, 1.82) is 0 Å². The molecule has 0 N–H and O–H groups in total. The first-order valence-corrected chi connectivity index (χ1v) is 11.1. The summed E-state index contributed by atoms with van der Waals surface area (Å²) in [5.41, 5.74) is 11.6. The highest BCUT2D eigenvalue weighted by molar-refractivity contribution is 6.27. The molecule has 0 amide bonds. The number of rotatable bonds is 0. The normalized spacial score (nSPS) is 14.8. The fourth-order valence-electron chi connectivity index (χ4n) is 6.06. The lowest BCUT2D eigenvalue weighted by Gasteiger charge is -2.21. The maximum Gasteiger partial charge on any atom is 0.165 e. The van der Waals surface area contributed by atoms with Crippen LogP contribution in [0.1, 0.15) is 25.0 Å². The van der Waals surface area contributed by atoms with E-state index in [0.717, 1.165) is 22.2 Å². The van der Waals surface area contributed by atoms with Gasteiger partial charge in [-0.25, -0.2) is 9.97 Å². The van der Waals surface area contributed by atoms with Gasteiger partial charge in [0.15, 0.2) is 5.65 Å². The van der Waals surface area contributed by atoms with E-state index in [1.807, 2.05) is 12.1 Å². The first kappa shape index (κ1) is 16.7. The Hall–Kier alpha value is -3.98. The fourth-order valence-corrected chi connectivity index (χ4v) is 6.06. The van der Waals surface area contributed by atoms with Gasteiger partial charge in [0.1, 0.15) is 5.52 Å². The summed E-state index contributed by atoms with van der Waals surface area (Å²) >= 11 is 0. The van der Waals surface area contributed by atoms with Crippen LogP contribution < -0.4 is 0 Å². The molecule has 0 bridgehead atoms. The topological polar surface area (TPSA) is 30.2 Å².